The molecular formula is C15H20FN3O2. The standard InChI is InChI=1S/C15H20FN3O2/c1-4-21-14-7-6-12(10-13(14)16)18-11(2)15(20)19(3)9-5-8-17/h6-7,10-11,18H,4-5,9H2,1-3H3/t11-/m1/s1. The molecule has 6 heteroatoms. The van der Waals surface area contributed by atoms with E-state index in [1.54, 1.807) is 27.0 Å². The molecule has 1 amide bonds. The lowest BCUT2D eigenvalue weighted by atomic mass is 10.2. The second kappa shape index (κ2) is 8.10. The van der Waals surface area contributed by atoms with Crippen molar-refractivity contribution in [2.24, 2.45) is 0 Å². The Morgan fingerprint density at radius 2 is 2.29 bits per heavy atom. The molecule has 1 atom stereocenters. The van der Waals surface area contributed by atoms with Crippen LogP contribution in [-0.2, 0) is 4.79 Å². The number of amides is 1. The summed E-state index contributed by atoms with van der Waals surface area (Å²) in [5, 5.41) is 11.5. The SMILES string of the molecule is CCOc1ccc(N[C@H](C)C(=O)N(C)CCC#N)cc1F. The lowest BCUT2D eigenvalue weighted by Crippen LogP contribution is -2.39. The van der Waals surface area contributed by atoms with Gasteiger partial charge in [0.25, 0.3) is 0 Å². The minimum atomic E-state index is -0.508. The average molecular weight is 293 g/mol. The molecule has 0 radical (unpaired) electrons. The highest BCUT2D eigenvalue weighted by Gasteiger charge is 2.17. The Morgan fingerprint density at radius 1 is 1.57 bits per heavy atom. The van der Waals surface area contributed by atoms with Crippen LogP contribution in [0, 0.1) is 17.1 Å². The fraction of sp³-hybridized carbons (Fsp3) is 0.467. The van der Waals surface area contributed by atoms with Gasteiger partial charge in [-0.15, -0.1) is 0 Å². The molecule has 114 valence electrons. The number of benzene rings is 1. The molecule has 1 N–H and O–H groups in total. The number of rotatable bonds is 7. The summed E-state index contributed by atoms with van der Waals surface area (Å²) in [6.45, 7) is 4.24. The van der Waals surface area contributed by atoms with E-state index < -0.39 is 11.9 Å². The maximum absolute atomic E-state index is 13.7. The summed E-state index contributed by atoms with van der Waals surface area (Å²) in [5.41, 5.74) is 0.505. The first-order valence-electron chi connectivity index (χ1n) is 6.80. The number of likely N-dealkylation sites (N-methyl/N-ethyl adjacent to an activating group) is 1. The van der Waals surface area contributed by atoms with Crippen LogP contribution in [0.1, 0.15) is 20.3 Å². The first-order chi connectivity index (χ1) is 9.99. The van der Waals surface area contributed by atoms with E-state index in [0.717, 1.165) is 0 Å². The van der Waals surface area contributed by atoms with E-state index in [4.69, 9.17) is 10.00 Å². The third-order valence-electron chi connectivity index (χ3n) is 2.92. The Morgan fingerprint density at radius 3 is 2.86 bits per heavy atom. The van der Waals surface area contributed by atoms with Crippen molar-refractivity contribution in [3.05, 3.63) is 24.0 Å². The number of nitrogens with one attached hydrogen (secondary N) is 1. The smallest absolute Gasteiger partial charge is 0.244 e. The summed E-state index contributed by atoms with van der Waals surface area (Å²) in [6, 6.07) is 5.96. The molecule has 0 aliphatic rings. The summed E-state index contributed by atoms with van der Waals surface area (Å²) in [4.78, 5) is 13.5. The monoisotopic (exact) mass is 293 g/mol. The topological polar surface area (TPSA) is 65.4 Å². The molecule has 0 saturated carbocycles. The first-order valence-corrected chi connectivity index (χ1v) is 6.80. The highest BCUT2D eigenvalue weighted by atomic mass is 19.1. The number of nitrogens with zero attached hydrogens (tertiary/aromatic N) is 2. The van der Waals surface area contributed by atoms with E-state index >= 15 is 0 Å². The molecule has 0 heterocycles. The normalized spacial score (nSPS) is 11.4. The van der Waals surface area contributed by atoms with E-state index in [1.165, 1.54) is 17.0 Å². The van der Waals surface area contributed by atoms with Crippen molar-refractivity contribution < 1.29 is 13.9 Å². The number of halogens is 1. The van der Waals surface area contributed by atoms with Gasteiger partial charge < -0.3 is 15.0 Å². The number of hydrogen-bond acceptors (Lipinski definition) is 4. The van der Waals surface area contributed by atoms with Crippen molar-refractivity contribution in [3.8, 4) is 11.8 Å². The van der Waals surface area contributed by atoms with Crippen molar-refractivity contribution in [2.75, 3.05) is 25.5 Å². The van der Waals surface area contributed by atoms with Gasteiger partial charge in [-0.3, -0.25) is 4.79 Å². The van der Waals surface area contributed by atoms with Crippen molar-refractivity contribution in [1.82, 2.24) is 4.90 Å². The van der Waals surface area contributed by atoms with Gasteiger partial charge in [0, 0.05) is 25.3 Å². The number of nitriles is 1. The van der Waals surface area contributed by atoms with E-state index in [9.17, 15) is 9.18 Å². The maximum Gasteiger partial charge on any atom is 0.244 e. The molecule has 0 aliphatic heterocycles. The largest absolute Gasteiger partial charge is 0.491 e. The minimum absolute atomic E-state index is 0.153. The van der Waals surface area contributed by atoms with Crippen molar-refractivity contribution >= 4 is 11.6 Å². The molecule has 1 rings (SSSR count). The third kappa shape index (κ3) is 4.95. The molecule has 0 fully saturated rings. The zero-order chi connectivity index (χ0) is 15.8. The Labute approximate surface area is 124 Å². The van der Waals surface area contributed by atoms with E-state index in [-0.39, 0.29) is 18.1 Å². The minimum Gasteiger partial charge on any atom is -0.491 e. The average Bonchev–Trinajstić information content (AvgIpc) is 2.46. The van der Waals surface area contributed by atoms with Crippen molar-refractivity contribution in [2.45, 2.75) is 26.3 Å². The molecular weight excluding hydrogens is 273 g/mol. The van der Waals surface area contributed by atoms with Crippen molar-refractivity contribution in [3.63, 3.8) is 0 Å². The van der Waals surface area contributed by atoms with Gasteiger partial charge in [0.2, 0.25) is 5.91 Å². The number of carbonyl (C=O) groups is 1. The summed E-state index contributed by atoms with van der Waals surface area (Å²) in [7, 11) is 1.64. The number of hydrogen-bond donors (Lipinski definition) is 1. The Bertz CT molecular complexity index is 528. The zero-order valence-corrected chi connectivity index (χ0v) is 12.5. The van der Waals surface area contributed by atoms with Gasteiger partial charge in [0.15, 0.2) is 11.6 Å². The molecule has 21 heavy (non-hydrogen) atoms. The summed E-state index contributed by atoms with van der Waals surface area (Å²) in [6.07, 6.45) is 0.284. The number of carbonyl (C=O) groups excluding carboxylic acids is 1. The van der Waals surface area contributed by atoms with E-state index in [1.807, 2.05) is 6.07 Å². The lowest BCUT2D eigenvalue weighted by molar-refractivity contribution is -0.130. The molecule has 0 aromatic heterocycles. The summed E-state index contributed by atoms with van der Waals surface area (Å²) in [5.74, 6) is -0.438. The van der Waals surface area contributed by atoms with Gasteiger partial charge in [0.1, 0.15) is 6.04 Å². The van der Waals surface area contributed by atoms with Crippen LogP contribution < -0.4 is 10.1 Å². The second-order valence-corrected chi connectivity index (χ2v) is 4.61. The highest BCUT2D eigenvalue weighted by molar-refractivity contribution is 5.84. The quantitative estimate of drug-likeness (QED) is 0.838. The first kappa shape index (κ1) is 16.8. The van der Waals surface area contributed by atoms with Crippen LogP contribution >= 0.6 is 0 Å². The fourth-order valence-corrected chi connectivity index (χ4v) is 1.83. The number of anilines is 1. The van der Waals surface area contributed by atoms with Crippen LogP contribution in [0.2, 0.25) is 0 Å². The van der Waals surface area contributed by atoms with Gasteiger partial charge in [-0.1, -0.05) is 0 Å². The molecule has 0 bridgehead atoms. The van der Waals surface area contributed by atoms with Crippen LogP contribution in [0.15, 0.2) is 18.2 Å². The van der Waals surface area contributed by atoms with Crippen LogP contribution in [0.5, 0.6) is 5.75 Å². The fourth-order valence-electron chi connectivity index (χ4n) is 1.83. The van der Waals surface area contributed by atoms with Gasteiger partial charge in [-0.05, 0) is 26.0 Å². The highest BCUT2D eigenvalue weighted by Crippen LogP contribution is 2.21. The Kier molecular flexibility index (Phi) is 6.47. The molecule has 0 saturated heterocycles. The maximum atomic E-state index is 13.7. The van der Waals surface area contributed by atoms with Gasteiger partial charge in [0.05, 0.1) is 19.1 Å². The Hall–Kier alpha value is -2.29. The summed E-state index contributed by atoms with van der Waals surface area (Å²) < 4.78 is 18.8. The van der Waals surface area contributed by atoms with Gasteiger partial charge in [-0.2, -0.15) is 5.26 Å². The molecule has 1 aromatic rings. The predicted octanol–water partition coefficient (Wildman–Crippen LogP) is 2.40. The van der Waals surface area contributed by atoms with Crippen LogP contribution in [0.25, 0.3) is 0 Å². The van der Waals surface area contributed by atoms with Crippen LogP contribution in [0.3, 0.4) is 0 Å². The van der Waals surface area contributed by atoms with Gasteiger partial charge in [-0.25, -0.2) is 4.39 Å². The molecule has 0 aliphatic carbocycles. The van der Waals surface area contributed by atoms with Crippen molar-refractivity contribution in [1.29, 1.82) is 5.26 Å². The number of ether oxygens (including phenoxy) is 1. The molecule has 1 aromatic carbocycles. The zero-order valence-electron chi connectivity index (χ0n) is 12.5. The lowest BCUT2D eigenvalue weighted by Gasteiger charge is -2.22. The second-order valence-electron chi connectivity index (χ2n) is 4.61. The third-order valence-corrected chi connectivity index (χ3v) is 2.92. The predicted molar refractivity (Wildman–Crippen MR) is 78.5 cm³/mol. The van der Waals surface area contributed by atoms with Crippen LogP contribution in [0.4, 0.5) is 10.1 Å². The van der Waals surface area contributed by atoms with Gasteiger partial charge >= 0.3 is 0 Å². The summed E-state index contributed by atoms with van der Waals surface area (Å²) >= 11 is 0. The molecule has 0 unspecified atom stereocenters. The molecule has 5 nitrogen and oxygen atoms in total. The Balaban J connectivity index is 2.66. The van der Waals surface area contributed by atoms with E-state index in [2.05, 4.69) is 5.32 Å². The molecule has 0 spiro atoms. The van der Waals surface area contributed by atoms with Crippen LogP contribution in [-0.4, -0.2) is 37.0 Å². The van der Waals surface area contributed by atoms with E-state index in [0.29, 0.717) is 18.8 Å².